The van der Waals surface area contributed by atoms with Gasteiger partial charge in [-0.25, -0.2) is 0 Å². The van der Waals surface area contributed by atoms with Crippen LogP contribution >= 0.6 is 11.3 Å². The average Bonchev–Trinajstić information content (AvgIpc) is 3.34. The molecule has 0 atom stereocenters. The van der Waals surface area contributed by atoms with Crippen molar-refractivity contribution in [2.45, 2.75) is 12.8 Å². The first-order valence-electron chi connectivity index (χ1n) is 8.03. The predicted molar refractivity (Wildman–Crippen MR) is 93.3 cm³/mol. The Kier molecular flexibility index (Phi) is 4.13. The molecule has 0 amide bonds. The summed E-state index contributed by atoms with van der Waals surface area (Å²) in [5.41, 5.74) is 0.916. The van der Waals surface area contributed by atoms with E-state index in [0.717, 1.165) is 36.4 Å². The molecule has 0 unspecified atom stereocenters. The molecule has 1 aliphatic rings. The van der Waals surface area contributed by atoms with E-state index in [-0.39, 0.29) is 11.7 Å². The van der Waals surface area contributed by atoms with Crippen LogP contribution in [0.25, 0.3) is 11.5 Å². The van der Waals surface area contributed by atoms with Crippen LogP contribution in [-0.4, -0.2) is 29.0 Å². The third-order valence-corrected chi connectivity index (χ3v) is 5.23. The van der Waals surface area contributed by atoms with Crippen molar-refractivity contribution in [3.8, 4) is 11.5 Å². The molecule has 2 aromatic heterocycles. The third-order valence-electron chi connectivity index (χ3n) is 4.35. The second-order valence-electron chi connectivity index (χ2n) is 5.87. The first-order valence-corrected chi connectivity index (χ1v) is 8.91. The summed E-state index contributed by atoms with van der Waals surface area (Å²) in [4.78, 5) is 19.9. The standard InChI is InChI=1S/C18H17N3O2S/c22-16(15-7-4-12-24-15)13-8-10-21(11-9-13)18-19-17(23-20-18)14-5-2-1-3-6-14/h1-7,12-13H,8-11H2. The lowest BCUT2D eigenvalue weighted by Crippen LogP contribution is -2.36. The number of anilines is 1. The number of piperidine rings is 1. The topological polar surface area (TPSA) is 59.2 Å². The Hall–Kier alpha value is -2.47. The van der Waals surface area contributed by atoms with Crippen LogP contribution < -0.4 is 4.90 Å². The molecule has 1 fully saturated rings. The van der Waals surface area contributed by atoms with Gasteiger partial charge in [-0.3, -0.25) is 4.79 Å². The Labute approximate surface area is 143 Å². The molecule has 3 aromatic rings. The van der Waals surface area contributed by atoms with Crippen molar-refractivity contribution in [1.82, 2.24) is 10.1 Å². The van der Waals surface area contributed by atoms with E-state index in [0.29, 0.717) is 11.8 Å². The Balaban J connectivity index is 1.41. The highest BCUT2D eigenvalue weighted by molar-refractivity contribution is 7.12. The monoisotopic (exact) mass is 339 g/mol. The number of rotatable bonds is 4. The van der Waals surface area contributed by atoms with Gasteiger partial charge in [0.2, 0.25) is 0 Å². The minimum absolute atomic E-state index is 0.0976. The number of thiophene rings is 1. The molecule has 0 bridgehead atoms. The van der Waals surface area contributed by atoms with E-state index >= 15 is 0 Å². The van der Waals surface area contributed by atoms with E-state index in [1.165, 1.54) is 11.3 Å². The highest BCUT2D eigenvalue weighted by atomic mass is 32.1. The van der Waals surface area contributed by atoms with Crippen molar-refractivity contribution in [1.29, 1.82) is 0 Å². The molecule has 0 spiro atoms. The SMILES string of the molecule is O=C(c1cccs1)C1CCN(c2noc(-c3ccccc3)n2)CC1. The molecule has 0 radical (unpaired) electrons. The van der Waals surface area contributed by atoms with Gasteiger partial charge in [0, 0.05) is 24.6 Å². The largest absolute Gasteiger partial charge is 0.338 e. The fourth-order valence-corrected chi connectivity index (χ4v) is 3.75. The number of carbonyl (C=O) groups excluding carboxylic acids is 1. The fourth-order valence-electron chi connectivity index (χ4n) is 3.00. The number of hydrogen-bond acceptors (Lipinski definition) is 6. The molecule has 3 heterocycles. The molecule has 24 heavy (non-hydrogen) atoms. The lowest BCUT2D eigenvalue weighted by molar-refractivity contribution is 0.0904. The number of benzene rings is 1. The van der Waals surface area contributed by atoms with Gasteiger partial charge >= 0.3 is 0 Å². The van der Waals surface area contributed by atoms with Crippen LogP contribution in [0.1, 0.15) is 22.5 Å². The summed E-state index contributed by atoms with van der Waals surface area (Å²) < 4.78 is 5.37. The molecule has 122 valence electrons. The molecular formula is C18H17N3O2S. The summed E-state index contributed by atoms with van der Waals surface area (Å²) in [6, 6.07) is 13.6. The minimum atomic E-state index is 0.0976. The maximum absolute atomic E-state index is 12.4. The van der Waals surface area contributed by atoms with E-state index in [2.05, 4.69) is 15.0 Å². The van der Waals surface area contributed by atoms with Gasteiger partial charge in [-0.05, 0) is 41.6 Å². The summed E-state index contributed by atoms with van der Waals surface area (Å²) in [5, 5.41) is 6.04. The lowest BCUT2D eigenvalue weighted by atomic mass is 9.92. The van der Waals surface area contributed by atoms with Crippen molar-refractivity contribution in [3.05, 3.63) is 52.7 Å². The molecule has 0 saturated carbocycles. The summed E-state index contributed by atoms with van der Waals surface area (Å²) in [5.74, 6) is 1.50. The van der Waals surface area contributed by atoms with E-state index in [9.17, 15) is 4.79 Å². The lowest BCUT2D eigenvalue weighted by Gasteiger charge is -2.29. The van der Waals surface area contributed by atoms with E-state index < -0.39 is 0 Å². The van der Waals surface area contributed by atoms with Gasteiger partial charge in [-0.1, -0.05) is 24.3 Å². The minimum Gasteiger partial charge on any atom is -0.338 e. The van der Waals surface area contributed by atoms with Crippen molar-refractivity contribution in [2.24, 2.45) is 5.92 Å². The Bertz CT molecular complexity index is 806. The van der Waals surface area contributed by atoms with Crippen LogP contribution in [0.2, 0.25) is 0 Å². The summed E-state index contributed by atoms with van der Waals surface area (Å²) in [6.45, 7) is 1.55. The van der Waals surface area contributed by atoms with Gasteiger partial charge < -0.3 is 9.42 Å². The van der Waals surface area contributed by atoms with Crippen LogP contribution in [-0.2, 0) is 0 Å². The molecule has 1 aromatic carbocycles. The Morgan fingerprint density at radius 1 is 1.12 bits per heavy atom. The first kappa shape index (κ1) is 15.1. The average molecular weight is 339 g/mol. The van der Waals surface area contributed by atoms with Gasteiger partial charge in [0.25, 0.3) is 11.8 Å². The van der Waals surface area contributed by atoms with E-state index in [4.69, 9.17) is 4.52 Å². The van der Waals surface area contributed by atoms with Crippen molar-refractivity contribution in [3.63, 3.8) is 0 Å². The zero-order valence-electron chi connectivity index (χ0n) is 13.1. The normalized spacial score (nSPS) is 15.6. The van der Waals surface area contributed by atoms with Crippen LogP contribution in [0, 0.1) is 5.92 Å². The van der Waals surface area contributed by atoms with E-state index in [1.807, 2.05) is 47.8 Å². The van der Waals surface area contributed by atoms with Crippen LogP contribution in [0.5, 0.6) is 0 Å². The molecule has 0 N–H and O–H groups in total. The van der Waals surface area contributed by atoms with Crippen LogP contribution in [0.4, 0.5) is 5.95 Å². The smallest absolute Gasteiger partial charge is 0.266 e. The van der Waals surface area contributed by atoms with Crippen LogP contribution in [0.3, 0.4) is 0 Å². The second kappa shape index (κ2) is 6.57. The highest BCUT2D eigenvalue weighted by Gasteiger charge is 2.28. The number of nitrogens with zero attached hydrogens (tertiary/aromatic N) is 3. The molecule has 1 saturated heterocycles. The molecular weight excluding hydrogens is 322 g/mol. The summed E-state index contributed by atoms with van der Waals surface area (Å²) >= 11 is 1.52. The fraction of sp³-hybridized carbons (Fsp3) is 0.278. The van der Waals surface area contributed by atoms with Gasteiger partial charge in [0.1, 0.15) is 0 Å². The number of Topliss-reactive ketones (excluding diaryl/α,β-unsaturated/α-hetero) is 1. The highest BCUT2D eigenvalue weighted by Crippen LogP contribution is 2.27. The zero-order chi connectivity index (χ0) is 16.4. The van der Waals surface area contributed by atoms with E-state index in [1.54, 1.807) is 0 Å². The van der Waals surface area contributed by atoms with Crippen LogP contribution in [0.15, 0.2) is 52.4 Å². The van der Waals surface area contributed by atoms with Gasteiger partial charge in [-0.2, -0.15) is 4.98 Å². The van der Waals surface area contributed by atoms with Gasteiger partial charge in [0.05, 0.1) is 4.88 Å². The number of hydrogen-bond donors (Lipinski definition) is 0. The van der Waals surface area contributed by atoms with Gasteiger partial charge in [0.15, 0.2) is 5.78 Å². The Morgan fingerprint density at radius 2 is 1.92 bits per heavy atom. The maximum atomic E-state index is 12.4. The second-order valence-corrected chi connectivity index (χ2v) is 6.82. The zero-order valence-corrected chi connectivity index (χ0v) is 13.9. The molecule has 4 rings (SSSR count). The quantitative estimate of drug-likeness (QED) is 0.675. The summed E-state index contributed by atoms with van der Waals surface area (Å²) in [6.07, 6.45) is 1.65. The maximum Gasteiger partial charge on any atom is 0.266 e. The molecule has 0 aliphatic carbocycles. The summed E-state index contributed by atoms with van der Waals surface area (Å²) in [7, 11) is 0. The number of carbonyl (C=O) groups is 1. The van der Waals surface area contributed by atoms with Gasteiger partial charge in [-0.15, -0.1) is 11.3 Å². The first-order chi connectivity index (χ1) is 11.8. The number of ketones is 1. The molecule has 1 aliphatic heterocycles. The predicted octanol–water partition coefficient (Wildman–Crippen LogP) is 3.90. The molecule has 6 heteroatoms. The van der Waals surface area contributed by atoms with Crippen molar-refractivity contribution >= 4 is 23.1 Å². The van der Waals surface area contributed by atoms with Crippen molar-refractivity contribution in [2.75, 3.05) is 18.0 Å². The van der Waals surface area contributed by atoms with Crippen molar-refractivity contribution < 1.29 is 9.32 Å². The number of aromatic nitrogens is 2. The third kappa shape index (κ3) is 2.97. The Morgan fingerprint density at radius 3 is 2.62 bits per heavy atom. The molecule has 5 nitrogen and oxygen atoms in total.